The van der Waals surface area contributed by atoms with Crippen molar-refractivity contribution >= 4 is 41.4 Å². The molecule has 0 aromatic rings. The lowest BCUT2D eigenvalue weighted by molar-refractivity contribution is -0.264. The molecule has 3 atom stereocenters. The average molecular weight is 967 g/mol. The molecule has 0 radical (unpaired) electrons. The molecule has 0 bridgehead atoms. The predicted molar refractivity (Wildman–Crippen MR) is 244 cm³/mol. The van der Waals surface area contributed by atoms with E-state index in [0.29, 0.717) is 84.3 Å². The summed E-state index contributed by atoms with van der Waals surface area (Å²) in [5, 5.41) is 47.3. The molecule has 0 heterocycles. The topological polar surface area (TPSA) is 389 Å². The molecule has 0 aliphatic heterocycles. The number of nitrogens with two attached hydrogens (primary N) is 3. The van der Waals surface area contributed by atoms with Gasteiger partial charge in [-0.1, -0.05) is 0 Å². The normalized spacial score (nSPS) is 12.6. The molecule has 7 amide bonds. The maximum Gasteiger partial charge on any atom is 0.233 e. The summed E-state index contributed by atoms with van der Waals surface area (Å²) in [7, 11) is 0. The van der Waals surface area contributed by atoms with Crippen LogP contribution in [0.4, 0.5) is 0 Å². The average Bonchev–Trinajstić information content (AvgIpc) is 3.29. The standard InChI is InChI=1S/C42H82N10O15/c1-32(54)41(67-40(62)28-53)66-23-3-2-9-33(55)48-19-7-21-50-37(59)14-26-65-31-42(29-63-24-12-35(57)46-17-5-15-43,30-64-25-13-36(58)47-18-6-16-44)52-38(60)11-4-10-34(56)49-20-8-22-51-39(61)27-45/h32,40-41,53-54,62H,2-31,43-45H2,1H3,(H,46,57)(H,47,58)(H,48,55)(H,49,56)(H,50,59)(H,51,61)(H,52,60)/t32?,40?,41-/m0/s1. The minimum atomic E-state index is -1.49. The first-order valence-corrected chi connectivity index (χ1v) is 23.2. The molecule has 0 saturated heterocycles. The molecule has 0 spiro atoms. The summed E-state index contributed by atoms with van der Waals surface area (Å²) in [6.07, 6.45) is -0.0844. The predicted octanol–water partition coefficient (Wildman–Crippen LogP) is -4.41. The number of hydrogen-bond donors (Lipinski definition) is 13. The van der Waals surface area contributed by atoms with Crippen LogP contribution in [0.2, 0.25) is 0 Å². The number of aliphatic hydroxyl groups is 3. The summed E-state index contributed by atoms with van der Waals surface area (Å²) in [6.45, 7) is 3.14. The fraction of sp³-hybridized carbons (Fsp3) is 0.833. The van der Waals surface area contributed by atoms with Crippen molar-refractivity contribution in [3.63, 3.8) is 0 Å². The Kier molecular flexibility index (Phi) is 39.4. The fourth-order valence-electron chi connectivity index (χ4n) is 5.64. The highest BCUT2D eigenvalue weighted by atomic mass is 16.7. The summed E-state index contributed by atoms with van der Waals surface area (Å²) >= 11 is 0. The number of nitrogens with one attached hydrogen (secondary N) is 7. The van der Waals surface area contributed by atoms with E-state index in [-0.39, 0.29) is 140 Å². The maximum absolute atomic E-state index is 13.4. The molecule has 16 N–H and O–H groups in total. The van der Waals surface area contributed by atoms with E-state index in [4.69, 9.17) is 46.0 Å². The van der Waals surface area contributed by atoms with Crippen LogP contribution < -0.4 is 54.4 Å². The van der Waals surface area contributed by atoms with E-state index in [9.17, 15) is 43.8 Å². The van der Waals surface area contributed by atoms with E-state index in [1.807, 2.05) is 0 Å². The Morgan fingerprint density at radius 2 is 0.881 bits per heavy atom. The van der Waals surface area contributed by atoms with Crippen LogP contribution in [0.1, 0.15) is 90.4 Å². The molecule has 0 aliphatic rings. The number of unbranched alkanes of at least 4 members (excludes halogenated alkanes) is 1. The van der Waals surface area contributed by atoms with Crippen molar-refractivity contribution < 1.29 is 72.6 Å². The summed E-state index contributed by atoms with van der Waals surface area (Å²) < 4.78 is 28.1. The lowest BCUT2D eigenvalue weighted by atomic mass is 10.0. The van der Waals surface area contributed by atoms with Gasteiger partial charge in [-0.05, 0) is 65.0 Å². The van der Waals surface area contributed by atoms with Crippen molar-refractivity contribution in [1.29, 1.82) is 0 Å². The number of carbonyl (C=O) groups excluding carboxylic acids is 7. The van der Waals surface area contributed by atoms with E-state index in [1.54, 1.807) is 0 Å². The van der Waals surface area contributed by atoms with Gasteiger partial charge >= 0.3 is 0 Å². The molecule has 25 nitrogen and oxygen atoms in total. The van der Waals surface area contributed by atoms with Crippen molar-refractivity contribution in [3.05, 3.63) is 0 Å². The van der Waals surface area contributed by atoms with Crippen molar-refractivity contribution in [2.45, 2.75) is 115 Å². The number of aliphatic hydroxyl groups excluding tert-OH is 3. The fourth-order valence-corrected chi connectivity index (χ4v) is 5.64. The van der Waals surface area contributed by atoms with Crippen LogP contribution in [0.15, 0.2) is 0 Å². The number of ether oxygens (including phenoxy) is 5. The third-order valence-corrected chi connectivity index (χ3v) is 9.28. The van der Waals surface area contributed by atoms with Gasteiger partial charge in [0, 0.05) is 84.4 Å². The van der Waals surface area contributed by atoms with Gasteiger partial charge in [0.15, 0.2) is 12.6 Å². The number of rotatable bonds is 45. The Morgan fingerprint density at radius 1 is 0.493 bits per heavy atom. The second-order valence-electron chi connectivity index (χ2n) is 15.6. The van der Waals surface area contributed by atoms with E-state index < -0.39 is 36.7 Å². The third kappa shape index (κ3) is 37.5. The van der Waals surface area contributed by atoms with Crippen LogP contribution in [0.5, 0.6) is 0 Å². The largest absolute Gasteiger partial charge is 0.391 e. The van der Waals surface area contributed by atoms with Crippen LogP contribution in [0.3, 0.4) is 0 Å². The zero-order chi connectivity index (χ0) is 50.0. The van der Waals surface area contributed by atoms with Crippen LogP contribution in [-0.4, -0.2) is 193 Å². The first-order chi connectivity index (χ1) is 32.2. The Morgan fingerprint density at radius 3 is 1.28 bits per heavy atom. The first-order valence-electron chi connectivity index (χ1n) is 23.2. The van der Waals surface area contributed by atoms with Crippen molar-refractivity contribution in [1.82, 2.24) is 37.2 Å². The summed E-state index contributed by atoms with van der Waals surface area (Å²) in [5.74, 6) is -2.03. The zero-order valence-electron chi connectivity index (χ0n) is 39.4. The molecule has 0 aromatic heterocycles. The van der Waals surface area contributed by atoms with Crippen molar-refractivity contribution in [3.8, 4) is 0 Å². The van der Waals surface area contributed by atoms with Gasteiger partial charge in [0.25, 0.3) is 0 Å². The van der Waals surface area contributed by atoms with Gasteiger partial charge in [-0.3, -0.25) is 33.6 Å². The summed E-state index contributed by atoms with van der Waals surface area (Å²) in [4.78, 5) is 86.6. The van der Waals surface area contributed by atoms with Gasteiger partial charge in [0.1, 0.15) is 11.6 Å². The number of carbonyl (C=O) groups is 7. The van der Waals surface area contributed by atoms with E-state index in [2.05, 4.69) is 37.2 Å². The maximum atomic E-state index is 13.4. The number of hydrogen-bond acceptors (Lipinski definition) is 18. The minimum Gasteiger partial charge on any atom is -0.391 e. The highest BCUT2D eigenvalue weighted by molar-refractivity contribution is 5.80. The van der Waals surface area contributed by atoms with Gasteiger partial charge in [-0.25, -0.2) is 0 Å². The van der Waals surface area contributed by atoms with Gasteiger partial charge < -0.3 is 93.4 Å². The monoisotopic (exact) mass is 967 g/mol. The quantitative estimate of drug-likeness (QED) is 0.0202. The van der Waals surface area contributed by atoms with Crippen molar-refractivity contribution in [2.24, 2.45) is 17.2 Å². The Labute approximate surface area is 394 Å². The zero-order valence-corrected chi connectivity index (χ0v) is 39.4. The molecule has 25 heteroatoms. The minimum absolute atomic E-state index is 0.0102. The van der Waals surface area contributed by atoms with Crippen LogP contribution in [0.25, 0.3) is 0 Å². The molecular weight excluding hydrogens is 885 g/mol. The Bertz CT molecular complexity index is 1340. The van der Waals surface area contributed by atoms with Crippen LogP contribution in [-0.2, 0) is 57.2 Å². The highest BCUT2D eigenvalue weighted by Gasteiger charge is 2.34. The Balaban J connectivity index is 5.27. The van der Waals surface area contributed by atoms with Gasteiger partial charge in [0.2, 0.25) is 41.4 Å². The molecule has 0 aliphatic carbocycles. The first kappa shape index (κ1) is 62.8. The molecule has 2 unspecified atom stereocenters. The van der Waals surface area contributed by atoms with Gasteiger partial charge in [0.05, 0.1) is 52.8 Å². The molecular formula is C42H82N10O15. The van der Waals surface area contributed by atoms with Gasteiger partial charge in [-0.2, -0.15) is 0 Å². The van der Waals surface area contributed by atoms with Gasteiger partial charge in [-0.15, -0.1) is 0 Å². The number of amides is 7. The van der Waals surface area contributed by atoms with E-state index >= 15 is 0 Å². The molecule has 0 saturated carbocycles. The highest BCUT2D eigenvalue weighted by Crippen LogP contribution is 2.12. The summed E-state index contributed by atoms with van der Waals surface area (Å²) in [6, 6.07) is 0. The van der Waals surface area contributed by atoms with E-state index in [1.165, 1.54) is 6.92 Å². The Hall–Kier alpha value is -4.15. The lowest BCUT2D eigenvalue weighted by Gasteiger charge is -2.34. The molecule has 67 heavy (non-hydrogen) atoms. The molecule has 390 valence electrons. The van der Waals surface area contributed by atoms with E-state index in [0.717, 1.165) is 0 Å². The van der Waals surface area contributed by atoms with Crippen molar-refractivity contribution in [2.75, 3.05) is 112 Å². The lowest BCUT2D eigenvalue weighted by Crippen LogP contribution is -2.58. The third-order valence-electron chi connectivity index (χ3n) is 9.28. The van der Waals surface area contributed by atoms with Crippen LogP contribution in [0, 0.1) is 0 Å². The SMILES string of the molecule is CC(O)[C@@H](OCCCCC(=O)NCCCNC(=O)CCOCC(COCCC(=O)NCCCN)(COCCC(=O)NCCCN)NC(=O)CCCC(=O)NCCCNC(=O)CN)OC(O)CO. The second-order valence-corrected chi connectivity index (χ2v) is 15.6. The molecule has 0 rings (SSSR count). The summed E-state index contributed by atoms with van der Waals surface area (Å²) in [5.41, 5.74) is 14.9. The smallest absolute Gasteiger partial charge is 0.233 e. The molecule has 0 fully saturated rings. The van der Waals surface area contributed by atoms with Crippen LogP contribution >= 0.6 is 0 Å². The second kappa shape index (κ2) is 42.0. The molecule has 0 aromatic carbocycles.